The van der Waals surface area contributed by atoms with Crippen molar-refractivity contribution in [3.05, 3.63) is 73.9 Å². The van der Waals surface area contributed by atoms with Crippen molar-refractivity contribution in [3.8, 4) is 0 Å². The Morgan fingerprint density at radius 2 is 1.28 bits per heavy atom. The van der Waals surface area contributed by atoms with Crippen LogP contribution in [0.25, 0.3) is 0 Å². The summed E-state index contributed by atoms with van der Waals surface area (Å²) in [5.74, 6) is -8.19. The van der Waals surface area contributed by atoms with Gasteiger partial charge in [0, 0.05) is 16.6 Å². The number of carbonyl (C=O) groups excluding carboxylic acids is 4. The third kappa shape index (κ3) is 17.6. The number of aliphatic carboxylic acids is 2. The van der Waals surface area contributed by atoms with Crippen molar-refractivity contribution in [1.82, 2.24) is 0 Å². The maximum atomic E-state index is 12.8. The van der Waals surface area contributed by atoms with Gasteiger partial charge in [0.2, 0.25) is 0 Å². The van der Waals surface area contributed by atoms with E-state index in [1.807, 2.05) is 18.2 Å². The molecule has 0 radical (unpaired) electrons. The minimum Gasteiger partial charge on any atom is -0.481 e. The molecule has 0 rings (SSSR count). The van der Waals surface area contributed by atoms with Gasteiger partial charge in [0.05, 0.1) is 24.7 Å². The summed E-state index contributed by atoms with van der Waals surface area (Å²) in [4.78, 5) is 72.9. The van der Waals surface area contributed by atoms with E-state index in [1.54, 1.807) is 19.1 Å². The summed E-state index contributed by atoms with van der Waals surface area (Å²) in [6.45, 7) is 20.3. The topological polar surface area (TPSA) is 180 Å². The summed E-state index contributed by atoms with van der Waals surface area (Å²) in [7, 11) is 0. The zero-order chi connectivity index (χ0) is 38.3. The average molecular weight is 703 g/mol. The van der Waals surface area contributed by atoms with Gasteiger partial charge in [-0.15, -0.1) is 13.2 Å². The molecule has 0 aliphatic rings. The van der Waals surface area contributed by atoms with E-state index in [-0.39, 0.29) is 44.0 Å². The van der Waals surface area contributed by atoms with Crippen molar-refractivity contribution in [3.63, 3.8) is 0 Å². The van der Waals surface area contributed by atoms with Crippen molar-refractivity contribution in [2.45, 2.75) is 72.6 Å². The molecule has 0 aromatic heterocycles. The lowest BCUT2D eigenvalue weighted by molar-refractivity contribution is -0.157. The molecule has 0 saturated heterocycles. The fourth-order valence-corrected chi connectivity index (χ4v) is 4.88. The summed E-state index contributed by atoms with van der Waals surface area (Å²) >= 11 is 0. The fraction of sp³-hybridized carbons (Fsp3) is 0.526. The summed E-state index contributed by atoms with van der Waals surface area (Å²) in [6, 6.07) is 0. The number of carboxylic acid groups (broad SMARTS) is 2. The lowest BCUT2D eigenvalue weighted by Gasteiger charge is -2.35. The Morgan fingerprint density at radius 3 is 1.72 bits per heavy atom. The van der Waals surface area contributed by atoms with Crippen molar-refractivity contribution in [1.29, 1.82) is 0 Å². The normalized spacial score (nSPS) is 14.7. The van der Waals surface area contributed by atoms with Gasteiger partial charge in [0.1, 0.15) is 26.4 Å². The Labute approximate surface area is 295 Å². The quantitative estimate of drug-likeness (QED) is 0.0327. The maximum Gasteiger partial charge on any atom is 0.333 e. The second-order valence-corrected chi connectivity index (χ2v) is 12.1. The molecule has 0 fully saturated rings. The van der Waals surface area contributed by atoms with Crippen LogP contribution in [0.2, 0.25) is 0 Å². The van der Waals surface area contributed by atoms with E-state index in [2.05, 4.69) is 33.2 Å². The molecule has 0 spiro atoms. The van der Waals surface area contributed by atoms with Gasteiger partial charge in [0.25, 0.3) is 0 Å². The van der Waals surface area contributed by atoms with Crippen LogP contribution in [0.1, 0.15) is 72.6 Å². The van der Waals surface area contributed by atoms with Crippen molar-refractivity contribution < 1.29 is 57.9 Å². The Morgan fingerprint density at radius 1 is 0.760 bits per heavy atom. The third-order valence-electron chi connectivity index (χ3n) is 8.14. The molecule has 0 amide bonds. The van der Waals surface area contributed by atoms with Crippen molar-refractivity contribution >= 4 is 35.8 Å². The molecule has 0 saturated carbocycles. The first-order valence-electron chi connectivity index (χ1n) is 16.5. The van der Waals surface area contributed by atoms with E-state index >= 15 is 0 Å². The number of allylic oxidation sites excluding steroid dienone is 6. The largest absolute Gasteiger partial charge is 0.481 e. The van der Waals surface area contributed by atoms with Gasteiger partial charge in [-0.2, -0.15) is 0 Å². The summed E-state index contributed by atoms with van der Waals surface area (Å²) in [5, 5.41) is 20.1. The van der Waals surface area contributed by atoms with Gasteiger partial charge >= 0.3 is 35.8 Å². The van der Waals surface area contributed by atoms with Crippen LogP contribution in [0.3, 0.4) is 0 Å². The molecule has 0 bridgehead atoms. The molecule has 0 aromatic carbocycles. The molecule has 5 atom stereocenters. The van der Waals surface area contributed by atoms with Crippen molar-refractivity contribution in [2.75, 3.05) is 26.4 Å². The Hall–Kier alpha value is -4.74. The molecule has 0 aromatic rings. The fourth-order valence-electron chi connectivity index (χ4n) is 4.88. The lowest BCUT2D eigenvalue weighted by Crippen LogP contribution is -2.36. The number of carbonyl (C=O) groups is 6. The first-order chi connectivity index (χ1) is 23.5. The van der Waals surface area contributed by atoms with E-state index in [0.29, 0.717) is 18.8 Å². The first kappa shape index (κ1) is 45.3. The predicted molar refractivity (Wildman–Crippen MR) is 187 cm³/mol. The van der Waals surface area contributed by atoms with Gasteiger partial charge in [-0.1, -0.05) is 63.5 Å². The van der Waals surface area contributed by atoms with E-state index in [4.69, 9.17) is 18.9 Å². The number of carboxylic acids is 2. The molecule has 12 nitrogen and oxygen atoms in total. The first-order valence-corrected chi connectivity index (χ1v) is 16.5. The Balaban J connectivity index is 5.91. The van der Waals surface area contributed by atoms with Crippen LogP contribution in [0.4, 0.5) is 0 Å². The molecule has 0 heterocycles. The molecule has 12 heteroatoms. The van der Waals surface area contributed by atoms with Crippen LogP contribution in [-0.2, 0) is 47.7 Å². The Kier molecular flexibility index (Phi) is 22.1. The number of ether oxygens (including phenoxy) is 4. The second kappa shape index (κ2) is 24.4. The molecule has 5 unspecified atom stereocenters. The molecule has 0 aliphatic carbocycles. The second-order valence-electron chi connectivity index (χ2n) is 12.1. The zero-order valence-electron chi connectivity index (χ0n) is 29.9. The van der Waals surface area contributed by atoms with E-state index in [9.17, 15) is 39.0 Å². The van der Waals surface area contributed by atoms with Crippen LogP contribution in [0.5, 0.6) is 0 Å². The molecular formula is C38H54O12. The van der Waals surface area contributed by atoms with Crippen LogP contribution in [0.15, 0.2) is 73.9 Å². The summed E-state index contributed by atoms with van der Waals surface area (Å²) < 4.78 is 20.0. The predicted octanol–water partition coefficient (Wildman–Crippen LogP) is 6.19. The van der Waals surface area contributed by atoms with E-state index in [1.165, 1.54) is 19.9 Å². The molecule has 0 aliphatic heterocycles. The number of rotatable bonds is 27. The number of esters is 4. The standard InChI is InChI=1S/C38H54O12/c1-9-29(10-2)17-13-12-14-18-38(11-3,31(35(43)44)25-33(40)48-21-23-50-37(46)27(6)7)19-15-16-28(8)30(34(41)42)24-32(39)47-20-22-49-36(45)26(4)5/h9,11-13,15-16,28-31H,1,3-4,6,10,14,17-25H2,2,5,7-8H3,(H,41,42)(H,43,44)/b13-12+,16-15+. The van der Waals surface area contributed by atoms with Crippen LogP contribution in [0, 0.1) is 29.1 Å². The van der Waals surface area contributed by atoms with E-state index in [0.717, 1.165) is 12.8 Å². The molecule has 2 N–H and O–H groups in total. The highest BCUT2D eigenvalue weighted by Crippen LogP contribution is 2.41. The van der Waals surface area contributed by atoms with Crippen LogP contribution >= 0.6 is 0 Å². The molecule has 50 heavy (non-hydrogen) atoms. The van der Waals surface area contributed by atoms with Gasteiger partial charge in [-0.3, -0.25) is 19.2 Å². The summed E-state index contributed by atoms with van der Waals surface area (Å²) in [5.41, 5.74) is -0.793. The van der Waals surface area contributed by atoms with Gasteiger partial charge in [0.15, 0.2) is 0 Å². The minimum atomic E-state index is -1.26. The highest BCUT2D eigenvalue weighted by atomic mass is 16.6. The smallest absolute Gasteiger partial charge is 0.333 e. The Bertz CT molecular complexity index is 1280. The summed E-state index contributed by atoms with van der Waals surface area (Å²) in [6.07, 6.45) is 12.1. The zero-order valence-corrected chi connectivity index (χ0v) is 29.9. The van der Waals surface area contributed by atoms with Crippen LogP contribution < -0.4 is 0 Å². The lowest BCUT2D eigenvalue weighted by atomic mass is 9.68. The molecular weight excluding hydrogens is 648 g/mol. The minimum absolute atomic E-state index is 0.0876. The SMILES string of the molecule is C=CC(CC)C/C=C/CCC(C=C)(C/C=C/C(C)C(CC(=O)OCCOC(=O)C(=C)C)C(=O)O)C(CC(=O)OCCOC(=O)C(=C)C)C(=O)O. The van der Waals surface area contributed by atoms with Crippen LogP contribution in [-0.4, -0.2) is 72.5 Å². The third-order valence-corrected chi connectivity index (χ3v) is 8.14. The average Bonchev–Trinajstić information content (AvgIpc) is 3.06. The maximum absolute atomic E-state index is 12.8. The molecule has 278 valence electrons. The number of hydrogen-bond donors (Lipinski definition) is 2. The highest BCUT2D eigenvalue weighted by Gasteiger charge is 2.41. The van der Waals surface area contributed by atoms with Gasteiger partial charge in [-0.25, -0.2) is 9.59 Å². The highest BCUT2D eigenvalue weighted by molar-refractivity contribution is 5.87. The van der Waals surface area contributed by atoms with Gasteiger partial charge in [-0.05, 0) is 57.8 Å². The van der Waals surface area contributed by atoms with Gasteiger partial charge < -0.3 is 29.2 Å². The van der Waals surface area contributed by atoms with E-state index < -0.39 is 71.8 Å². The van der Waals surface area contributed by atoms with Crippen molar-refractivity contribution in [2.24, 2.45) is 29.1 Å². The number of hydrogen-bond acceptors (Lipinski definition) is 10. The monoisotopic (exact) mass is 702 g/mol.